The first-order chi connectivity index (χ1) is 9.51. The Morgan fingerprint density at radius 3 is 2.20 bits per heavy atom. The molecule has 0 radical (unpaired) electrons. The van der Waals surface area contributed by atoms with Gasteiger partial charge in [-0.15, -0.1) is 11.6 Å². The number of nitro benzene ring substituents is 1. The monoisotopic (exact) mass is 333 g/mol. The van der Waals surface area contributed by atoms with E-state index in [-0.39, 0.29) is 33.4 Å². The molecule has 0 bridgehead atoms. The van der Waals surface area contributed by atoms with Crippen molar-refractivity contribution in [3.63, 3.8) is 0 Å². The second kappa shape index (κ2) is 6.21. The molecule has 0 fully saturated rings. The minimum absolute atomic E-state index is 0.00535. The molecule has 2 rings (SSSR count). The third-order valence-corrected chi connectivity index (χ3v) is 3.09. The maximum Gasteiger partial charge on any atom is 0.321 e. The summed E-state index contributed by atoms with van der Waals surface area (Å²) in [5.74, 6) is 0.330. The third kappa shape index (κ3) is 3.27. The van der Waals surface area contributed by atoms with Crippen LogP contribution in [0.4, 0.5) is 5.69 Å². The van der Waals surface area contributed by atoms with Crippen LogP contribution in [0.3, 0.4) is 0 Å². The molecular formula is C11H6Cl3N3O3. The minimum Gasteiger partial charge on any atom is -0.421 e. The van der Waals surface area contributed by atoms with E-state index in [1.807, 2.05) is 0 Å². The zero-order valence-corrected chi connectivity index (χ0v) is 12.0. The van der Waals surface area contributed by atoms with Crippen LogP contribution in [0.25, 0.3) is 0 Å². The Hall–Kier alpha value is -1.63. The number of alkyl halides is 1. The van der Waals surface area contributed by atoms with Crippen LogP contribution in [-0.4, -0.2) is 14.9 Å². The van der Waals surface area contributed by atoms with Gasteiger partial charge in [0.25, 0.3) is 5.69 Å². The summed E-state index contributed by atoms with van der Waals surface area (Å²) >= 11 is 17.4. The Morgan fingerprint density at radius 2 is 1.75 bits per heavy atom. The van der Waals surface area contributed by atoms with Gasteiger partial charge in [-0.1, -0.05) is 23.2 Å². The normalized spacial score (nSPS) is 10.3. The van der Waals surface area contributed by atoms with Gasteiger partial charge in [-0.05, 0) is 0 Å². The van der Waals surface area contributed by atoms with E-state index in [1.54, 1.807) is 0 Å². The maximum absolute atomic E-state index is 10.7. The molecule has 9 heteroatoms. The van der Waals surface area contributed by atoms with Gasteiger partial charge in [0.15, 0.2) is 5.75 Å². The summed E-state index contributed by atoms with van der Waals surface area (Å²) in [7, 11) is 0. The van der Waals surface area contributed by atoms with Crippen LogP contribution in [0.5, 0.6) is 11.8 Å². The van der Waals surface area contributed by atoms with Crippen molar-refractivity contribution in [2.75, 3.05) is 0 Å². The highest BCUT2D eigenvalue weighted by molar-refractivity contribution is 6.37. The van der Waals surface area contributed by atoms with E-state index in [9.17, 15) is 10.1 Å². The van der Waals surface area contributed by atoms with Gasteiger partial charge in [0.2, 0.25) is 0 Å². The van der Waals surface area contributed by atoms with E-state index in [0.29, 0.717) is 0 Å². The fraction of sp³-hybridized carbons (Fsp3) is 0.0909. The number of benzene rings is 1. The van der Waals surface area contributed by atoms with Gasteiger partial charge in [0.05, 0.1) is 20.8 Å². The van der Waals surface area contributed by atoms with Gasteiger partial charge in [-0.2, -0.15) is 0 Å². The first-order valence-corrected chi connectivity index (χ1v) is 6.48. The third-order valence-electron chi connectivity index (χ3n) is 2.22. The fourth-order valence-corrected chi connectivity index (χ4v) is 2.00. The largest absolute Gasteiger partial charge is 0.421 e. The molecular weight excluding hydrogens is 328 g/mol. The van der Waals surface area contributed by atoms with E-state index < -0.39 is 4.92 Å². The van der Waals surface area contributed by atoms with E-state index in [4.69, 9.17) is 39.5 Å². The molecule has 0 atom stereocenters. The van der Waals surface area contributed by atoms with Gasteiger partial charge in [0.1, 0.15) is 0 Å². The Balaban J connectivity index is 2.30. The van der Waals surface area contributed by atoms with Crippen molar-refractivity contribution in [1.29, 1.82) is 0 Å². The van der Waals surface area contributed by atoms with Gasteiger partial charge >= 0.3 is 6.01 Å². The summed E-state index contributed by atoms with van der Waals surface area (Å²) in [6.45, 7) is 0. The lowest BCUT2D eigenvalue weighted by atomic mass is 10.3. The fourth-order valence-electron chi connectivity index (χ4n) is 1.31. The minimum atomic E-state index is -0.604. The lowest BCUT2D eigenvalue weighted by Gasteiger charge is -2.07. The van der Waals surface area contributed by atoms with Gasteiger partial charge < -0.3 is 4.74 Å². The number of nitro groups is 1. The molecule has 104 valence electrons. The van der Waals surface area contributed by atoms with Crippen molar-refractivity contribution < 1.29 is 9.66 Å². The molecule has 0 saturated carbocycles. The number of non-ortho nitro benzene ring substituents is 1. The maximum atomic E-state index is 10.7. The van der Waals surface area contributed by atoms with Crippen molar-refractivity contribution in [2.45, 2.75) is 5.88 Å². The predicted molar refractivity (Wildman–Crippen MR) is 74.8 cm³/mol. The smallest absolute Gasteiger partial charge is 0.321 e. The molecule has 0 spiro atoms. The predicted octanol–water partition coefficient (Wildman–Crippen LogP) is 4.22. The van der Waals surface area contributed by atoms with E-state index in [2.05, 4.69) is 9.97 Å². The molecule has 0 unspecified atom stereocenters. The van der Waals surface area contributed by atoms with E-state index in [1.165, 1.54) is 12.4 Å². The number of hydrogen-bond acceptors (Lipinski definition) is 5. The lowest BCUT2D eigenvalue weighted by molar-refractivity contribution is -0.384. The molecule has 0 aliphatic heterocycles. The SMILES string of the molecule is O=[N+]([O-])c1cc(Cl)c(Oc2ncc(CCl)cn2)c(Cl)c1. The summed E-state index contributed by atoms with van der Waals surface area (Å²) < 4.78 is 5.32. The Morgan fingerprint density at radius 1 is 1.20 bits per heavy atom. The van der Waals surface area contributed by atoms with E-state index in [0.717, 1.165) is 17.7 Å². The lowest BCUT2D eigenvalue weighted by Crippen LogP contribution is -1.95. The average molecular weight is 335 g/mol. The van der Waals surface area contributed by atoms with Gasteiger partial charge in [-0.25, -0.2) is 9.97 Å². The average Bonchev–Trinajstić information content (AvgIpc) is 2.43. The number of nitrogens with zero attached hydrogens (tertiary/aromatic N) is 3. The second-order valence-electron chi connectivity index (χ2n) is 3.61. The van der Waals surface area contributed by atoms with Crippen LogP contribution in [0, 0.1) is 10.1 Å². The zero-order valence-electron chi connectivity index (χ0n) is 9.72. The number of ether oxygens (including phenoxy) is 1. The summed E-state index contributed by atoms with van der Waals surface area (Å²) in [5.41, 5.74) is 0.491. The number of hydrogen-bond donors (Lipinski definition) is 0. The summed E-state index contributed by atoms with van der Waals surface area (Å²) in [5, 5.41) is 10.6. The molecule has 0 amide bonds. The molecule has 0 saturated heterocycles. The standard InChI is InChI=1S/C11H6Cl3N3O3/c12-3-6-4-15-11(16-5-6)20-10-8(13)1-7(17(18)19)2-9(10)14/h1-2,4-5H,3H2. The van der Waals surface area contributed by atoms with Crippen molar-refractivity contribution in [1.82, 2.24) is 9.97 Å². The highest BCUT2D eigenvalue weighted by Gasteiger charge is 2.17. The van der Waals surface area contributed by atoms with Crippen molar-refractivity contribution in [2.24, 2.45) is 0 Å². The van der Waals surface area contributed by atoms with Crippen LogP contribution < -0.4 is 4.74 Å². The van der Waals surface area contributed by atoms with Crippen LogP contribution >= 0.6 is 34.8 Å². The Labute approximate surface area is 128 Å². The van der Waals surface area contributed by atoms with Crippen LogP contribution in [-0.2, 0) is 5.88 Å². The highest BCUT2D eigenvalue weighted by Crippen LogP contribution is 2.38. The molecule has 1 aromatic heterocycles. The summed E-state index contributed by atoms with van der Waals surface area (Å²) in [6.07, 6.45) is 2.98. The van der Waals surface area contributed by atoms with Crippen LogP contribution in [0.15, 0.2) is 24.5 Å². The van der Waals surface area contributed by atoms with Crippen LogP contribution in [0.2, 0.25) is 10.0 Å². The van der Waals surface area contributed by atoms with Gasteiger partial charge in [-0.3, -0.25) is 10.1 Å². The van der Waals surface area contributed by atoms with Crippen molar-refractivity contribution in [3.05, 3.63) is 50.2 Å². The summed E-state index contributed by atoms with van der Waals surface area (Å²) in [6, 6.07) is 2.28. The topological polar surface area (TPSA) is 78.2 Å². The first kappa shape index (κ1) is 14.8. The molecule has 1 heterocycles. The molecule has 0 aliphatic carbocycles. The molecule has 2 aromatic rings. The summed E-state index contributed by atoms with van der Waals surface area (Å²) in [4.78, 5) is 17.9. The Kier molecular flexibility index (Phi) is 4.59. The Bertz CT molecular complexity index is 626. The molecule has 6 nitrogen and oxygen atoms in total. The van der Waals surface area contributed by atoms with Crippen LogP contribution in [0.1, 0.15) is 5.56 Å². The highest BCUT2D eigenvalue weighted by atomic mass is 35.5. The zero-order chi connectivity index (χ0) is 14.7. The quantitative estimate of drug-likeness (QED) is 0.475. The first-order valence-electron chi connectivity index (χ1n) is 5.19. The molecule has 0 N–H and O–H groups in total. The number of rotatable bonds is 4. The molecule has 0 aliphatic rings. The van der Waals surface area contributed by atoms with E-state index >= 15 is 0 Å². The van der Waals surface area contributed by atoms with Gasteiger partial charge in [0, 0.05) is 30.1 Å². The second-order valence-corrected chi connectivity index (χ2v) is 4.69. The molecule has 1 aromatic carbocycles. The number of halogens is 3. The number of aromatic nitrogens is 2. The molecule has 20 heavy (non-hydrogen) atoms. The van der Waals surface area contributed by atoms with Crippen molar-refractivity contribution >= 4 is 40.5 Å². The van der Waals surface area contributed by atoms with Crippen molar-refractivity contribution in [3.8, 4) is 11.8 Å².